The highest BCUT2D eigenvalue weighted by Gasteiger charge is 2.20. The van der Waals surface area contributed by atoms with Gasteiger partial charge in [-0.05, 0) is 38.3 Å². The first-order valence-corrected chi connectivity index (χ1v) is 8.54. The number of nitrogens with one attached hydrogen (secondary N) is 1. The summed E-state index contributed by atoms with van der Waals surface area (Å²) >= 11 is 0. The Bertz CT molecular complexity index is 754. The molecular formula is C18H26N4O2. The molecule has 6 heteroatoms. The molecular weight excluding hydrogens is 304 g/mol. The van der Waals surface area contributed by atoms with Crippen molar-refractivity contribution in [2.45, 2.75) is 59.0 Å². The molecule has 0 saturated heterocycles. The second-order valence-electron chi connectivity index (χ2n) is 6.77. The summed E-state index contributed by atoms with van der Waals surface area (Å²) in [4.78, 5) is 24.9. The molecule has 0 aliphatic carbocycles. The van der Waals surface area contributed by atoms with E-state index < -0.39 is 6.04 Å². The monoisotopic (exact) mass is 330 g/mol. The van der Waals surface area contributed by atoms with E-state index in [-0.39, 0.29) is 17.5 Å². The number of aromatic nitrogens is 3. The van der Waals surface area contributed by atoms with E-state index in [1.165, 1.54) is 0 Å². The number of carbonyl (C=O) groups is 1. The number of nitrogens with zero attached hydrogens (tertiary/aromatic N) is 3. The maximum Gasteiger partial charge on any atom is 0.278 e. The van der Waals surface area contributed by atoms with E-state index in [1.54, 1.807) is 31.2 Å². The van der Waals surface area contributed by atoms with Gasteiger partial charge in [0.25, 0.3) is 5.56 Å². The zero-order valence-corrected chi connectivity index (χ0v) is 14.8. The number of hydrogen-bond acceptors (Lipinski definition) is 4. The summed E-state index contributed by atoms with van der Waals surface area (Å²) in [6.07, 6.45) is 3.14. The maximum atomic E-state index is 12.5. The van der Waals surface area contributed by atoms with Crippen LogP contribution in [0.5, 0.6) is 0 Å². The second-order valence-corrected chi connectivity index (χ2v) is 6.77. The summed E-state index contributed by atoms with van der Waals surface area (Å²) in [5.74, 6) is 0.456. The van der Waals surface area contributed by atoms with E-state index in [2.05, 4.69) is 29.5 Å². The van der Waals surface area contributed by atoms with Crippen LogP contribution >= 0.6 is 0 Å². The predicted octanol–water partition coefficient (Wildman–Crippen LogP) is 2.68. The molecule has 1 unspecified atom stereocenters. The van der Waals surface area contributed by atoms with Crippen LogP contribution < -0.4 is 10.9 Å². The van der Waals surface area contributed by atoms with Crippen LogP contribution in [0.1, 0.15) is 53.0 Å². The number of benzene rings is 1. The lowest BCUT2D eigenvalue weighted by atomic mass is 10.0. The molecule has 0 fully saturated rings. The van der Waals surface area contributed by atoms with E-state index in [1.807, 2.05) is 6.92 Å². The van der Waals surface area contributed by atoms with E-state index in [0.29, 0.717) is 16.8 Å². The molecule has 24 heavy (non-hydrogen) atoms. The third-order valence-corrected chi connectivity index (χ3v) is 4.14. The Kier molecular flexibility index (Phi) is 6.06. The highest BCUT2D eigenvalue weighted by Crippen LogP contribution is 2.10. The van der Waals surface area contributed by atoms with Crippen LogP contribution in [-0.2, 0) is 4.79 Å². The van der Waals surface area contributed by atoms with Crippen molar-refractivity contribution in [1.29, 1.82) is 0 Å². The van der Waals surface area contributed by atoms with E-state index in [9.17, 15) is 9.59 Å². The smallest absolute Gasteiger partial charge is 0.278 e. The minimum Gasteiger partial charge on any atom is -0.352 e. The lowest BCUT2D eigenvalue weighted by Crippen LogP contribution is -2.41. The molecule has 1 aromatic carbocycles. The molecule has 0 spiro atoms. The van der Waals surface area contributed by atoms with Gasteiger partial charge in [-0.15, -0.1) is 5.10 Å². The number of fused-ring (bicyclic) bond motifs is 1. The summed E-state index contributed by atoms with van der Waals surface area (Å²) in [5, 5.41) is 11.4. The summed E-state index contributed by atoms with van der Waals surface area (Å²) < 4.78 is 1.15. The zero-order valence-electron chi connectivity index (χ0n) is 14.8. The van der Waals surface area contributed by atoms with Gasteiger partial charge in [0.2, 0.25) is 5.91 Å². The van der Waals surface area contributed by atoms with Gasteiger partial charge < -0.3 is 5.32 Å². The van der Waals surface area contributed by atoms with Gasteiger partial charge >= 0.3 is 0 Å². The minimum absolute atomic E-state index is 0.0721. The van der Waals surface area contributed by atoms with Gasteiger partial charge in [-0.2, -0.15) is 4.68 Å². The quantitative estimate of drug-likeness (QED) is 0.847. The van der Waals surface area contributed by atoms with E-state index >= 15 is 0 Å². The molecule has 1 N–H and O–H groups in total. The van der Waals surface area contributed by atoms with Crippen molar-refractivity contribution in [1.82, 2.24) is 20.3 Å². The largest absolute Gasteiger partial charge is 0.352 e. The molecule has 1 aromatic heterocycles. The fraction of sp³-hybridized carbons (Fsp3) is 0.556. The molecule has 0 aliphatic rings. The first-order valence-electron chi connectivity index (χ1n) is 8.54. The molecule has 2 atom stereocenters. The Balaban J connectivity index is 2.05. The van der Waals surface area contributed by atoms with Crippen LogP contribution in [-0.4, -0.2) is 26.9 Å². The van der Waals surface area contributed by atoms with E-state index in [4.69, 9.17) is 0 Å². The molecule has 1 amide bonds. The van der Waals surface area contributed by atoms with Crippen LogP contribution in [0.4, 0.5) is 0 Å². The number of hydrogen-bond donors (Lipinski definition) is 1. The van der Waals surface area contributed by atoms with Crippen molar-refractivity contribution in [2.24, 2.45) is 5.92 Å². The third-order valence-electron chi connectivity index (χ3n) is 4.14. The summed E-state index contributed by atoms with van der Waals surface area (Å²) in [5.41, 5.74) is 0.240. The summed E-state index contributed by atoms with van der Waals surface area (Å²) in [6, 6.07) is 6.38. The van der Waals surface area contributed by atoms with Crippen molar-refractivity contribution in [3.05, 3.63) is 34.6 Å². The molecule has 2 aromatic rings. The normalized spacial score (nSPS) is 13.9. The van der Waals surface area contributed by atoms with Crippen LogP contribution in [0.25, 0.3) is 10.9 Å². The maximum absolute atomic E-state index is 12.5. The first kappa shape index (κ1) is 18.1. The topological polar surface area (TPSA) is 76.9 Å². The van der Waals surface area contributed by atoms with Gasteiger partial charge in [0.15, 0.2) is 0 Å². The zero-order chi connectivity index (χ0) is 17.7. The first-order chi connectivity index (χ1) is 11.4. The van der Waals surface area contributed by atoms with Gasteiger partial charge in [-0.3, -0.25) is 9.59 Å². The Hall–Kier alpha value is -2.24. The van der Waals surface area contributed by atoms with Gasteiger partial charge in [-0.25, -0.2) is 0 Å². The highest BCUT2D eigenvalue weighted by atomic mass is 16.2. The molecule has 6 nitrogen and oxygen atoms in total. The average molecular weight is 330 g/mol. The fourth-order valence-electron chi connectivity index (χ4n) is 2.63. The molecule has 0 aliphatic heterocycles. The SMILES string of the molecule is CC(C)CCCC(C)NC(=O)[C@H](C)n1nnc2ccccc2c1=O. The van der Waals surface area contributed by atoms with Crippen LogP contribution in [0.15, 0.2) is 29.1 Å². The minimum atomic E-state index is -0.692. The molecule has 0 radical (unpaired) electrons. The molecule has 2 rings (SSSR count). The number of rotatable bonds is 7. The Morgan fingerprint density at radius 2 is 1.88 bits per heavy atom. The number of amides is 1. The predicted molar refractivity (Wildman–Crippen MR) is 94.8 cm³/mol. The Morgan fingerprint density at radius 3 is 2.58 bits per heavy atom. The number of carbonyl (C=O) groups excluding carboxylic acids is 1. The van der Waals surface area contributed by atoms with Gasteiger partial charge in [-0.1, -0.05) is 44.0 Å². The molecule has 0 bridgehead atoms. The lowest BCUT2D eigenvalue weighted by molar-refractivity contribution is -0.124. The van der Waals surface area contributed by atoms with Gasteiger partial charge in [0, 0.05) is 6.04 Å². The van der Waals surface area contributed by atoms with Crippen molar-refractivity contribution in [3.63, 3.8) is 0 Å². The van der Waals surface area contributed by atoms with Gasteiger partial charge in [0.05, 0.1) is 5.39 Å². The van der Waals surface area contributed by atoms with Crippen LogP contribution in [0.3, 0.4) is 0 Å². The Labute approximate surface area is 142 Å². The molecule has 1 heterocycles. The van der Waals surface area contributed by atoms with Crippen LogP contribution in [0, 0.1) is 5.92 Å². The Morgan fingerprint density at radius 1 is 1.17 bits per heavy atom. The van der Waals surface area contributed by atoms with Crippen molar-refractivity contribution in [2.75, 3.05) is 0 Å². The summed E-state index contributed by atoms with van der Waals surface area (Å²) in [6.45, 7) is 8.03. The highest BCUT2D eigenvalue weighted by molar-refractivity contribution is 5.81. The van der Waals surface area contributed by atoms with Crippen molar-refractivity contribution >= 4 is 16.8 Å². The van der Waals surface area contributed by atoms with Crippen LogP contribution in [0.2, 0.25) is 0 Å². The summed E-state index contributed by atoms with van der Waals surface area (Å²) in [7, 11) is 0. The molecule has 130 valence electrons. The molecule has 0 saturated carbocycles. The van der Waals surface area contributed by atoms with Gasteiger partial charge in [0.1, 0.15) is 11.6 Å². The lowest BCUT2D eigenvalue weighted by Gasteiger charge is -2.18. The van der Waals surface area contributed by atoms with Crippen molar-refractivity contribution in [3.8, 4) is 0 Å². The van der Waals surface area contributed by atoms with Crippen molar-refractivity contribution < 1.29 is 4.79 Å². The third kappa shape index (κ3) is 4.40. The average Bonchev–Trinajstić information content (AvgIpc) is 2.54. The standard InChI is InChI=1S/C18H26N4O2/c1-12(2)8-7-9-13(3)19-17(23)14(4)22-18(24)15-10-5-6-11-16(15)20-21-22/h5-6,10-14H,7-9H2,1-4H3,(H,19,23)/t13?,14-/m0/s1. The second kappa shape index (κ2) is 8.04. The van der Waals surface area contributed by atoms with E-state index in [0.717, 1.165) is 23.9 Å². The fourth-order valence-corrected chi connectivity index (χ4v) is 2.63.